The van der Waals surface area contributed by atoms with Gasteiger partial charge < -0.3 is 4.90 Å². The molecule has 1 saturated heterocycles. The first-order chi connectivity index (χ1) is 15.9. The van der Waals surface area contributed by atoms with E-state index in [1.807, 2.05) is 43.0 Å². The molecule has 1 unspecified atom stereocenters. The van der Waals surface area contributed by atoms with Crippen molar-refractivity contribution in [3.8, 4) is 0 Å². The smallest absolute Gasteiger partial charge is 0.275 e. The van der Waals surface area contributed by atoms with Gasteiger partial charge in [-0.3, -0.25) is 19.5 Å². The number of fused-ring (bicyclic) bond motifs is 2. The fourth-order valence-electron chi connectivity index (χ4n) is 4.69. The highest BCUT2D eigenvalue weighted by atomic mass is 16.2. The minimum atomic E-state index is -0.164. The lowest BCUT2D eigenvalue weighted by molar-refractivity contribution is -0.131. The molecule has 170 valence electrons. The van der Waals surface area contributed by atoms with Crippen LogP contribution in [0.4, 0.5) is 0 Å². The first-order valence-corrected chi connectivity index (χ1v) is 11.3. The largest absolute Gasteiger partial charge is 0.334 e. The summed E-state index contributed by atoms with van der Waals surface area (Å²) in [6, 6.07) is 8.98. The van der Waals surface area contributed by atoms with E-state index in [1.165, 1.54) is 9.20 Å². The lowest BCUT2D eigenvalue weighted by Gasteiger charge is -2.24. The van der Waals surface area contributed by atoms with Crippen LogP contribution in [0.3, 0.4) is 0 Å². The maximum atomic E-state index is 13.4. The third-order valence-electron chi connectivity index (χ3n) is 6.60. The molecular formula is C24H26N6O3. The van der Waals surface area contributed by atoms with E-state index in [4.69, 9.17) is 0 Å². The number of nitrogens with zero attached hydrogens (tertiary/aromatic N) is 5. The van der Waals surface area contributed by atoms with Crippen molar-refractivity contribution in [1.29, 1.82) is 0 Å². The summed E-state index contributed by atoms with van der Waals surface area (Å²) in [5.41, 5.74) is 2.98. The summed E-state index contributed by atoms with van der Waals surface area (Å²) in [6.07, 6.45) is 1.77. The average molecular weight is 447 g/mol. The zero-order valence-electron chi connectivity index (χ0n) is 19.0. The molecule has 4 aromatic rings. The fraction of sp³-hybridized carbons (Fsp3) is 0.375. The molecule has 0 bridgehead atoms. The Labute approximate surface area is 189 Å². The van der Waals surface area contributed by atoms with Crippen molar-refractivity contribution in [2.75, 3.05) is 6.54 Å². The standard InChI is InChI=1S/C24H26N6O3/c1-4-29-24(33)17-9-6-5-8-16(17)18(26-29)13-22(31)28-11-7-10-20(28)19-12-21-25-15(3)14(2)23(32)30(21)27-19/h5-6,8-9,12,20,27H,4,7,10-11,13H2,1-3H3. The van der Waals surface area contributed by atoms with Gasteiger partial charge in [-0.1, -0.05) is 18.2 Å². The van der Waals surface area contributed by atoms with Gasteiger partial charge in [-0.15, -0.1) is 0 Å². The maximum Gasteiger partial charge on any atom is 0.275 e. The molecule has 1 N–H and O–H groups in total. The molecule has 9 nitrogen and oxygen atoms in total. The highest BCUT2D eigenvalue weighted by Gasteiger charge is 2.32. The number of aromatic nitrogens is 5. The summed E-state index contributed by atoms with van der Waals surface area (Å²) in [5, 5.41) is 8.93. The van der Waals surface area contributed by atoms with Crippen molar-refractivity contribution in [2.24, 2.45) is 0 Å². The first kappa shape index (κ1) is 21.1. The predicted molar refractivity (Wildman–Crippen MR) is 124 cm³/mol. The summed E-state index contributed by atoms with van der Waals surface area (Å²) in [6.45, 7) is 6.51. The van der Waals surface area contributed by atoms with E-state index in [1.54, 1.807) is 13.0 Å². The van der Waals surface area contributed by atoms with Crippen molar-refractivity contribution in [2.45, 2.75) is 52.6 Å². The van der Waals surface area contributed by atoms with Crippen LogP contribution in [-0.4, -0.2) is 41.7 Å². The summed E-state index contributed by atoms with van der Waals surface area (Å²) in [4.78, 5) is 45.0. The van der Waals surface area contributed by atoms with Crippen molar-refractivity contribution in [3.05, 3.63) is 73.7 Å². The number of rotatable bonds is 4. The third-order valence-corrected chi connectivity index (χ3v) is 6.60. The van der Waals surface area contributed by atoms with Gasteiger partial charge in [-0.2, -0.15) is 5.10 Å². The Morgan fingerprint density at radius 1 is 1.15 bits per heavy atom. The van der Waals surface area contributed by atoms with Crippen LogP contribution < -0.4 is 11.1 Å². The number of carbonyl (C=O) groups excluding carboxylic acids is 1. The molecular weight excluding hydrogens is 420 g/mol. The molecule has 1 aromatic carbocycles. The SMILES string of the molecule is CCn1nc(CC(=O)N2CCCC2c2cc3nc(C)c(C)c(=O)n3[nH]2)c2ccccc2c1=O. The molecule has 0 radical (unpaired) electrons. The molecule has 5 rings (SSSR count). The fourth-order valence-corrected chi connectivity index (χ4v) is 4.69. The molecule has 0 saturated carbocycles. The maximum absolute atomic E-state index is 13.4. The lowest BCUT2D eigenvalue weighted by atomic mass is 10.1. The van der Waals surface area contributed by atoms with Crippen molar-refractivity contribution < 1.29 is 4.79 Å². The Bertz CT molecular complexity index is 1510. The number of hydrogen-bond acceptors (Lipinski definition) is 5. The number of aromatic amines is 1. The van der Waals surface area contributed by atoms with Gasteiger partial charge >= 0.3 is 0 Å². The zero-order chi connectivity index (χ0) is 23.3. The molecule has 4 heterocycles. The molecule has 1 aliphatic heterocycles. The van der Waals surface area contributed by atoms with Crippen molar-refractivity contribution >= 4 is 22.3 Å². The van der Waals surface area contributed by atoms with E-state index in [0.29, 0.717) is 46.5 Å². The van der Waals surface area contributed by atoms with Crippen LogP contribution in [0, 0.1) is 13.8 Å². The van der Waals surface area contributed by atoms with E-state index < -0.39 is 0 Å². The van der Waals surface area contributed by atoms with Gasteiger partial charge in [0.1, 0.15) is 0 Å². The van der Waals surface area contributed by atoms with Crippen molar-refractivity contribution in [3.63, 3.8) is 0 Å². The molecule has 1 fully saturated rings. The van der Waals surface area contributed by atoms with E-state index in [9.17, 15) is 14.4 Å². The van der Waals surface area contributed by atoms with Crippen LogP contribution in [0.15, 0.2) is 39.9 Å². The highest BCUT2D eigenvalue weighted by molar-refractivity contribution is 5.88. The topological polar surface area (TPSA) is 105 Å². The Balaban J connectivity index is 1.49. The third kappa shape index (κ3) is 3.44. The molecule has 33 heavy (non-hydrogen) atoms. The van der Waals surface area contributed by atoms with Crippen LogP contribution in [0.1, 0.15) is 48.5 Å². The van der Waals surface area contributed by atoms with Gasteiger partial charge in [0.2, 0.25) is 5.91 Å². The second kappa shape index (κ2) is 7.99. The van der Waals surface area contributed by atoms with Gasteiger partial charge in [0, 0.05) is 35.8 Å². The number of carbonyl (C=O) groups is 1. The molecule has 0 spiro atoms. The average Bonchev–Trinajstić information content (AvgIpc) is 3.47. The lowest BCUT2D eigenvalue weighted by Crippen LogP contribution is -2.33. The number of H-pyrrole nitrogens is 1. The molecule has 1 amide bonds. The van der Waals surface area contributed by atoms with Gasteiger partial charge in [0.15, 0.2) is 5.65 Å². The first-order valence-electron chi connectivity index (χ1n) is 11.3. The second-order valence-electron chi connectivity index (χ2n) is 8.57. The molecule has 3 aromatic heterocycles. The second-order valence-corrected chi connectivity index (χ2v) is 8.57. The van der Waals surface area contributed by atoms with Gasteiger partial charge in [0.05, 0.1) is 29.2 Å². The summed E-state index contributed by atoms with van der Waals surface area (Å²) in [7, 11) is 0. The molecule has 1 atom stereocenters. The summed E-state index contributed by atoms with van der Waals surface area (Å²) >= 11 is 0. The number of amides is 1. The Morgan fingerprint density at radius 3 is 2.67 bits per heavy atom. The predicted octanol–water partition coefficient (Wildman–Crippen LogP) is 2.28. The Morgan fingerprint density at radius 2 is 1.91 bits per heavy atom. The Kier molecular flexibility index (Phi) is 5.11. The Hall–Kier alpha value is -3.75. The number of nitrogens with one attached hydrogen (secondary N) is 1. The van der Waals surface area contributed by atoms with Crippen molar-refractivity contribution in [1.82, 2.24) is 29.3 Å². The van der Waals surface area contributed by atoms with Gasteiger partial charge in [-0.25, -0.2) is 14.2 Å². The minimum absolute atomic E-state index is 0.0530. The summed E-state index contributed by atoms with van der Waals surface area (Å²) < 4.78 is 2.86. The number of likely N-dealkylation sites (tertiary alicyclic amines) is 1. The van der Waals surface area contributed by atoms with Crippen LogP contribution in [-0.2, 0) is 17.8 Å². The van der Waals surface area contributed by atoms with E-state index >= 15 is 0 Å². The van der Waals surface area contributed by atoms with E-state index in [-0.39, 0.29) is 29.5 Å². The zero-order valence-corrected chi connectivity index (χ0v) is 19.0. The quantitative estimate of drug-likeness (QED) is 0.518. The van der Waals surface area contributed by atoms with E-state index in [2.05, 4.69) is 15.2 Å². The summed E-state index contributed by atoms with van der Waals surface area (Å²) in [5.74, 6) is -0.0530. The van der Waals surface area contributed by atoms with Crippen LogP contribution in [0.5, 0.6) is 0 Å². The van der Waals surface area contributed by atoms with Gasteiger partial charge in [0.25, 0.3) is 11.1 Å². The monoisotopic (exact) mass is 446 g/mol. The van der Waals surface area contributed by atoms with Gasteiger partial charge in [-0.05, 0) is 39.7 Å². The molecule has 0 aliphatic carbocycles. The number of aryl methyl sites for hydroxylation is 2. The molecule has 1 aliphatic rings. The van der Waals surface area contributed by atoms with Crippen LogP contribution >= 0.6 is 0 Å². The minimum Gasteiger partial charge on any atom is -0.334 e. The van der Waals surface area contributed by atoms with E-state index in [0.717, 1.165) is 18.5 Å². The van der Waals surface area contributed by atoms with Crippen LogP contribution in [0.2, 0.25) is 0 Å². The highest BCUT2D eigenvalue weighted by Crippen LogP contribution is 2.32. The number of hydrogen-bond donors (Lipinski definition) is 1. The molecule has 9 heteroatoms. The number of benzene rings is 1. The normalized spacial score (nSPS) is 16.2. The van der Waals surface area contributed by atoms with Crippen LogP contribution in [0.25, 0.3) is 16.4 Å².